The van der Waals surface area contributed by atoms with Crippen molar-refractivity contribution >= 4 is 15.7 Å². The Morgan fingerprint density at radius 3 is 2.29 bits per heavy atom. The minimum atomic E-state index is -3.01. The predicted molar refractivity (Wildman–Crippen MR) is 93.4 cm³/mol. The minimum Gasteiger partial charge on any atom is -0.368 e. The summed E-state index contributed by atoms with van der Waals surface area (Å²) in [5, 5.41) is 11.3. The lowest BCUT2D eigenvalue weighted by Gasteiger charge is -2.25. The minimum absolute atomic E-state index is 0.0616. The van der Waals surface area contributed by atoms with Crippen molar-refractivity contribution in [3.8, 4) is 0 Å². The summed E-state index contributed by atoms with van der Waals surface area (Å²) in [6.45, 7) is 4.72. The smallest absolute Gasteiger partial charge is 0.148 e. The molecular weight excluding hydrogens is 329 g/mol. The summed E-state index contributed by atoms with van der Waals surface area (Å²) in [4.78, 5) is 0. The van der Waals surface area contributed by atoms with Gasteiger partial charge in [0.05, 0.1) is 11.4 Å². The summed E-state index contributed by atoms with van der Waals surface area (Å²) in [5.41, 5.74) is 1.46. The van der Waals surface area contributed by atoms with E-state index in [-0.39, 0.29) is 17.0 Å². The van der Waals surface area contributed by atoms with Crippen LogP contribution in [0.25, 0.3) is 0 Å². The van der Waals surface area contributed by atoms with E-state index in [4.69, 9.17) is 0 Å². The predicted octanol–water partition coefficient (Wildman–Crippen LogP) is 2.59. The number of hydrogen-bond donors (Lipinski definition) is 1. The van der Waals surface area contributed by atoms with Gasteiger partial charge in [-0.3, -0.25) is 0 Å². The number of sulfone groups is 1. The SMILES string of the molecule is CC(C)(CNc1ccc(CCS(C)(=O)=O)nn1)c1ccc(F)cc1. The highest BCUT2D eigenvalue weighted by atomic mass is 32.2. The van der Waals surface area contributed by atoms with Crippen molar-refractivity contribution in [3.63, 3.8) is 0 Å². The number of hydrogen-bond acceptors (Lipinski definition) is 5. The zero-order chi connectivity index (χ0) is 17.8. The van der Waals surface area contributed by atoms with Gasteiger partial charge in [0.2, 0.25) is 0 Å². The number of nitrogens with zero attached hydrogens (tertiary/aromatic N) is 2. The molecule has 1 heterocycles. The third-order valence-corrected chi connectivity index (χ3v) is 4.73. The van der Waals surface area contributed by atoms with Crippen molar-refractivity contribution in [1.82, 2.24) is 10.2 Å². The highest BCUT2D eigenvalue weighted by Crippen LogP contribution is 2.23. The average Bonchev–Trinajstić information content (AvgIpc) is 2.52. The standard InChI is InChI=1S/C17H22FN3O2S/c1-17(2,13-4-6-14(18)7-5-13)12-19-16-9-8-15(20-21-16)10-11-24(3,22)23/h4-9H,10-12H2,1-3H3,(H,19,21). The largest absolute Gasteiger partial charge is 0.368 e. The fourth-order valence-electron chi connectivity index (χ4n) is 2.19. The quantitative estimate of drug-likeness (QED) is 0.830. The molecule has 0 saturated carbocycles. The molecule has 0 radical (unpaired) electrons. The third kappa shape index (κ3) is 5.56. The Morgan fingerprint density at radius 2 is 1.75 bits per heavy atom. The highest BCUT2D eigenvalue weighted by Gasteiger charge is 2.20. The molecule has 0 fully saturated rings. The van der Waals surface area contributed by atoms with Crippen LogP contribution in [0.4, 0.5) is 10.2 Å². The number of aryl methyl sites for hydroxylation is 1. The van der Waals surface area contributed by atoms with Crippen LogP contribution in [-0.4, -0.2) is 37.2 Å². The fourth-order valence-corrected chi connectivity index (χ4v) is 2.77. The first-order valence-corrected chi connectivity index (χ1v) is 9.72. The first-order valence-electron chi connectivity index (χ1n) is 7.66. The molecule has 24 heavy (non-hydrogen) atoms. The van der Waals surface area contributed by atoms with Gasteiger partial charge in [-0.2, -0.15) is 5.10 Å². The average molecular weight is 351 g/mol. The Labute approximate surface area is 142 Å². The first kappa shape index (κ1) is 18.3. The second-order valence-corrected chi connectivity index (χ2v) is 8.79. The molecule has 0 amide bonds. The van der Waals surface area contributed by atoms with Gasteiger partial charge in [0.25, 0.3) is 0 Å². The van der Waals surface area contributed by atoms with E-state index in [0.717, 1.165) is 5.56 Å². The van der Waals surface area contributed by atoms with E-state index < -0.39 is 9.84 Å². The zero-order valence-corrected chi connectivity index (χ0v) is 14.9. The number of benzene rings is 1. The lowest BCUT2D eigenvalue weighted by atomic mass is 9.84. The van der Waals surface area contributed by atoms with Crippen LogP contribution in [0.2, 0.25) is 0 Å². The molecule has 0 aliphatic rings. The van der Waals surface area contributed by atoms with E-state index in [1.807, 2.05) is 0 Å². The molecule has 7 heteroatoms. The fraction of sp³-hybridized carbons (Fsp3) is 0.412. The van der Waals surface area contributed by atoms with Crippen LogP contribution >= 0.6 is 0 Å². The van der Waals surface area contributed by atoms with Gasteiger partial charge in [0.1, 0.15) is 21.5 Å². The van der Waals surface area contributed by atoms with Crippen molar-refractivity contribution in [2.45, 2.75) is 25.7 Å². The van der Waals surface area contributed by atoms with Crippen LogP contribution in [0.15, 0.2) is 36.4 Å². The molecule has 0 bridgehead atoms. The summed E-state index contributed by atoms with van der Waals surface area (Å²) < 4.78 is 35.3. The molecular formula is C17H22FN3O2S. The normalized spacial score (nSPS) is 12.2. The molecule has 0 aliphatic carbocycles. The van der Waals surface area contributed by atoms with Crippen LogP contribution in [0.3, 0.4) is 0 Å². The summed E-state index contributed by atoms with van der Waals surface area (Å²) in [5.74, 6) is 0.429. The van der Waals surface area contributed by atoms with Gasteiger partial charge in [-0.05, 0) is 29.8 Å². The van der Waals surface area contributed by atoms with E-state index in [1.165, 1.54) is 18.4 Å². The highest BCUT2D eigenvalue weighted by molar-refractivity contribution is 7.90. The van der Waals surface area contributed by atoms with E-state index in [9.17, 15) is 12.8 Å². The molecule has 0 saturated heterocycles. The van der Waals surface area contributed by atoms with Gasteiger partial charge >= 0.3 is 0 Å². The van der Waals surface area contributed by atoms with E-state index in [2.05, 4.69) is 29.4 Å². The summed E-state index contributed by atoms with van der Waals surface area (Å²) in [6, 6.07) is 10.0. The van der Waals surface area contributed by atoms with Crippen molar-refractivity contribution in [2.75, 3.05) is 23.9 Å². The van der Waals surface area contributed by atoms with Gasteiger partial charge in [0, 0.05) is 24.6 Å². The van der Waals surface area contributed by atoms with Gasteiger partial charge in [-0.15, -0.1) is 5.10 Å². The number of rotatable bonds is 7. The molecule has 1 aromatic carbocycles. The van der Waals surface area contributed by atoms with Gasteiger partial charge in [0.15, 0.2) is 0 Å². The molecule has 130 valence electrons. The monoisotopic (exact) mass is 351 g/mol. The molecule has 1 aromatic heterocycles. The molecule has 2 rings (SSSR count). The Morgan fingerprint density at radius 1 is 1.08 bits per heavy atom. The Hall–Kier alpha value is -2.02. The maximum Gasteiger partial charge on any atom is 0.148 e. The van der Waals surface area contributed by atoms with E-state index in [0.29, 0.717) is 24.5 Å². The number of halogens is 1. The number of anilines is 1. The van der Waals surface area contributed by atoms with Crippen LogP contribution in [0, 0.1) is 5.82 Å². The molecule has 0 aliphatic heterocycles. The molecule has 2 aromatic rings. The van der Waals surface area contributed by atoms with Gasteiger partial charge in [-0.25, -0.2) is 12.8 Å². The first-order chi connectivity index (χ1) is 11.2. The Bertz CT molecular complexity index is 772. The Balaban J connectivity index is 1.95. The second-order valence-electron chi connectivity index (χ2n) is 6.53. The molecule has 5 nitrogen and oxygen atoms in total. The topological polar surface area (TPSA) is 72.0 Å². The molecule has 0 spiro atoms. The summed E-state index contributed by atoms with van der Waals surface area (Å²) in [6.07, 6.45) is 1.56. The van der Waals surface area contributed by atoms with E-state index >= 15 is 0 Å². The summed E-state index contributed by atoms with van der Waals surface area (Å²) in [7, 11) is -3.01. The second kappa shape index (κ2) is 7.25. The van der Waals surface area contributed by atoms with Crippen LogP contribution in [0.5, 0.6) is 0 Å². The number of nitrogens with one attached hydrogen (secondary N) is 1. The maximum absolute atomic E-state index is 13.0. The van der Waals surface area contributed by atoms with Gasteiger partial charge < -0.3 is 5.32 Å². The third-order valence-electron chi connectivity index (χ3n) is 3.79. The van der Waals surface area contributed by atoms with E-state index in [1.54, 1.807) is 24.3 Å². The van der Waals surface area contributed by atoms with Crippen LogP contribution < -0.4 is 5.32 Å². The Kier molecular flexibility index (Phi) is 5.54. The molecule has 1 N–H and O–H groups in total. The van der Waals surface area contributed by atoms with Crippen molar-refractivity contribution in [1.29, 1.82) is 0 Å². The molecule has 0 unspecified atom stereocenters. The summed E-state index contributed by atoms with van der Waals surface area (Å²) >= 11 is 0. The van der Waals surface area contributed by atoms with Crippen molar-refractivity contribution < 1.29 is 12.8 Å². The van der Waals surface area contributed by atoms with Crippen molar-refractivity contribution in [3.05, 3.63) is 53.5 Å². The lowest BCUT2D eigenvalue weighted by Crippen LogP contribution is -2.28. The van der Waals surface area contributed by atoms with Crippen molar-refractivity contribution in [2.24, 2.45) is 0 Å². The maximum atomic E-state index is 13.0. The van der Waals surface area contributed by atoms with Crippen LogP contribution in [0.1, 0.15) is 25.1 Å². The zero-order valence-electron chi connectivity index (χ0n) is 14.1. The number of aromatic nitrogens is 2. The van der Waals surface area contributed by atoms with Crippen LogP contribution in [-0.2, 0) is 21.7 Å². The molecule has 0 atom stereocenters. The van der Waals surface area contributed by atoms with Gasteiger partial charge in [-0.1, -0.05) is 26.0 Å². The lowest BCUT2D eigenvalue weighted by molar-refractivity contribution is 0.552.